The summed E-state index contributed by atoms with van der Waals surface area (Å²) in [5.41, 5.74) is 1.47. The van der Waals surface area contributed by atoms with Crippen LogP contribution < -0.4 is 5.32 Å². The van der Waals surface area contributed by atoms with Crippen LogP contribution >= 0.6 is 0 Å². The van der Waals surface area contributed by atoms with E-state index >= 15 is 0 Å². The minimum absolute atomic E-state index is 0.126. The van der Waals surface area contributed by atoms with Gasteiger partial charge in [0.05, 0.1) is 0 Å². The van der Waals surface area contributed by atoms with Gasteiger partial charge in [0, 0.05) is 54.0 Å². The molecule has 2 atom stereocenters. The van der Waals surface area contributed by atoms with Gasteiger partial charge in [-0.15, -0.1) is 0 Å². The van der Waals surface area contributed by atoms with Gasteiger partial charge in [-0.25, -0.2) is 0 Å². The molecule has 1 saturated heterocycles. The molecule has 0 saturated carbocycles. The summed E-state index contributed by atoms with van der Waals surface area (Å²) in [6.45, 7) is 7.29. The van der Waals surface area contributed by atoms with Crippen molar-refractivity contribution in [1.29, 1.82) is 0 Å². The lowest BCUT2D eigenvalue weighted by atomic mass is 9.95. The van der Waals surface area contributed by atoms with Crippen molar-refractivity contribution in [2.24, 2.45) is 0 Å². The van der Waals surface area contributed by atoms with E-state index < -0.39 is 10.8 Å². The van der Waals surface area contributed by atoms with Crippen LogP contribution in [0.5, 0.6) is 0 Å². The standard InChI is InChI=1S/C15H24N2OS/c1-15(2)12-17(9-10-19(3)18)14(11-16-15)13-7-5-4-6-8-13/h4-8,14,16H,9-12H2,1-3H3. The predicted molar refractivity (Wildman–Crippen MR) is 81.8 cm³/mol. The van der Waals surface area contributed by atoms with Crippen LogP contribution in [-0.2, 0) is 10.8 Å². The highest BCUT2D eigenvalue weighted by molar-refractivity contribution is 7.84. The number of nitrogens with zero attached hydrogens (tertiary/aromatic N) is 1. The van der Waals surface area contributed by atoms with Gasteiger partial charge in [0.15, 0.2) is 0 Å². The van der Waals surface area contributed by atoms with Gasteiger partial charge in [-0.2, -0.15) is 0 Å². The second kappa shape index (κ2) is 6.16. The fraction of sp³-hybridized carbons (Fsp3) is 0.600. The van der Waals surface area contributed by atoms with Gasteiger partial charge in [-0.1, -0.05) is 30.3 Å². The van der Waals surface area contributed by atoms with E-state index in [4.69, 9.17) is 0 Å². The van der Waals surface area contributed by atoms with Crippen LogP contribution in [0.4, 0.5) is 0 Å². The Balaban J connectivity index is 2.13. The highest BCUT2D eigenvalue weighted by atomic mass is 32.2. The first-order valence-electron chi connectivity index (χ1n) is 6.82. The molecule has 2 rings (SSSR count). The summed E-state index contributed by atoms with van der Waals surface area (Å²) >= 11 is 0. The molecule has 1 heterocycles. The van der Waals surface area contributed by atoms with Crippen molar-refractivity contribution < 1.29 is 4.21 Å². The van der Waals surface area contributed by atoms with Gasteiger partial charge in [-0.3, -0.25) is 9.11 Å². The molecule has 3 nitrogen and oxygen atoms in total. The highest BCUT2D eigenvalue weighted by Gasteiger charge is 2.32. The van der Waals surface area contributed by atoms with E-state index in [1.54, 1.807) is 6.26 Å². The van der Waals surface area contributed by atoms with E-state index in [9.17, 15) is 4.21 Å². The van der Waals surface area contributed by atoms with Crippen LogP contribution in [0.15, 0.2) is 30.3 Å². The van der Waals surface area contributed by atoms with Crippen LogP contribution in [0.3, 0.4) is 0 Å². The van der Waals surface area contributed by atoms with Crippen molar-refractivity contribution in [2.45, 2.75) is 25.4 Å². The molecule has 1 aromatic carbocycles. The third-order valence-corrected chi connectivity index (χ3v) is 4.42. The summed E-state index contributed by atoms with van der Waals surface area (Å²) in [6, 6.07) is 11.0. The third kappa shape index (κ3) is 4.13. The van der Waals surface area contributed by atoms with Gasteiger partial charge in [0.2, 0.25) is 0 Å². The Bertz CT molecular complexity index is 433. The van der Waals surface area contributed by atoms with E-state index in [1.165, 1.54) is 5.56 Å². The Morgan fingerprint density at radius 1 is 1.37 bits per heavy atom. The Morgan fingerprint density at radius 3 is 2.68 bits per heavy atom. The first kappa shape index (κ1) is 14.7. The van der Waals surface area contributed by atoms with E-state index in [1.807, 2.05) is 0 Å². The lowest BCUT2D eigenvalue weighted by Crippen LogP contribution is -2.58. The SMILES string of the molecule is CS(=O)CCN1CC(C)(C)NCC1c1ccccc1. The number of nitrogens with one attached hydrogen (secondary N) is 1. The molecule has 1 N–H and O–H groups in total. The molecule has 0 radical (unpaired) electrons. The zero-order valence-corrected chi connectivity index (χ0v) is 12.9. The predicted octanol–water partition coefficient (Wildman–Crippen LogP) is 1.79. The number of hydrogen-bond acceptors (Lipinski definition) is 3. The van der Waals surface area contributed by atoms with E-state index in [-0.39, 0.29) is 5.54 Å². The largest absolute Gasteiger partial charge is 0.309 e. The van der Waals surface area contributed by atoms with Crippen LogP contribution in [0.1, 0.15) is 25.5 Å². The zero-order valence-electron chi connectivity index (χ0n) is 12.1. The second-order valence-corrected chi connectivity index (χ2v) is 7.49. The lowest BCUT2D eigenvalue weighted by molar-refractivity contribution is 0.102. The fourth-order valence-corrected chi connectivity index (χ4v) is 3.15. The molecule has 0 bridgehead atoms. The molecular weight excluding hydrogens is 256 g/mol. The number of hydrogen-bond donors (Lipinski definition) is 1. The molecule has 1 aliphatic rings. The summed E-state index contributed by atoms with van der Waals surface area (Å²) in [4.78, 5) is 2.47. The first-order chi connectivity index (χ1) is 8.98. The maximum atomic E-state index is 11.4. The van der Waals surface area contributed by atoms with Gasteiger partial charge >= 0.3 is 0 Å². The average Bonchev–Trinajstić information content (AvgIpc) is 2.36. The van der Waals surface area contributed by atoms with Crippen molar-refractivity contribution in [1.82, 2.24) is 10.2 Å². The molecule has 106 valence electrons. The smallest absolute Gasteiger partial charge is 0.0474 e. The van der Waals surface area contributed by atoms with Crippen molar-refractivity contribution in [2.75, 3.05) is 31.6 Å². The number of benzene rings is 1. The van der Waals surface area contributed by atoms with E-state index in [0.29, 0.717) is 6.04 Å². The molecule has 1 aromatic rings. The number of rotatable bonds is 4. The number of piperazine rings is 1. The molecule has 19 heavy (non-hydrogen) atoms. The minimum atomic E-state index is -0.725. The molecule has 0 spiro atoms. The molecule has 4 heteroatoms. The third-order valence-electron chi connectivity index (χ3n) is 3.66. The van der Waals surface area contributed by atoms with Crippen molar-refractivity contribution in [3.63, 3.8) is 0 Å². The average molecular weight is 280 g/mol. The van der Waals surface area contributed by atoms with E-state index in [2.05, 4.69) is 54.4 Å². The second-order valence-electron chi connectivity index (χ2n) is 5.94. The molecular formula is C15H24N2OS. The maximum absolute atomic E-state index is 11.4. The Hall–Kier alpha value is -0.710. The maximum Gasteiger partial charge on any atom is 0.0474 e. The van der Waals surface area contributed by atoms with E-state index in [0.717, 1.165) is 25.4 Å². The first-order valence-corrected chi connectivity index (χ1v) is 8.55. The van der Waals surface area contributed by atoms with Crippen molar-refractivity contribution in [3.05, 3.63) is 35.9 Å². The molecule has 0 amide bonds. The fourth-order valence-electron chi connectivity index (χ4n) is 2.66. The van der Waals surface area contributed by atoms with Crippen LogP contribution in [0.2, 0.25) is 0 Å². The lowest BCUT2D eigenvalue weighted by Gasteiger charge is -2.44. The van der Waals surface area contributed by atoms with Crippen LogP contribution in [-0.4, -0.2) is 46.3 Å². The summed E-state index contributed by atoms with van der Waals surface area (Å²) in [5.74, 6) is 0.749. The minimum Gasteiger partial charge on any atom is -0.309 e. The van der Waals surface area contributed by atoms with Gasteiger partial charge in [0.1, 0.15) is 0 Å². The summed E-state index contributed by atoms with van der Waals surface area (Å²) in [6.07, 6.45) is 1.78. The Kier molecular flexibility index (Phi) is 4.76. The van der Waals surface area contributed by atoms with Gasteiger partial charge < -0.3 is 5.32 Å². The van der Waals surface area contributed by atoms with Gasteiger partial charge in [0.25, 0.3) is 0 Å². The molecule has 2 unspecified atom stereocenters. The van der Waals surface area contributed by atoms with Crippen LogP contribution in [0.25, 0.3) is 0 Å². The summed E-state index contributed by atoms with van der Waals surface area (Å²) in [5, 5.41) is 3.61. The Morgan fingerprint density at radius 2 is 2.05 bits per heavy atom. The Labute approximate surface area is 118 Å². The molecule has 1 fully saturated rings. The highest BCUT2D eigenvalue weighted by Crippen LogP contribution is 2.26. The summed E-state index contributed by atoms with van der Waals surface area (Å²) < 4.78 is 11.4. The normalized spacial score (nSPS) is 25.1. The van der Waals surface area contributed by atoms with Crippen molar-refractivity contribution >= 4 is 10.8 Å². The zero-order chi connectivity index (χ0) is 13.9. The monoisotopic (exact) mass is 280 g/mol. The molecule has 0 aromatic heterocycles. The van der Waals surface area contributed by atoms with Crippen LogP contribution in [0, 0.1) is 0 Å². The topological polar surface area (TPSA) is 32.3 Å². The molecule has 0 aliphatic carbocycles. The molecule has 1 aliphatic heterocycles. The quantitative estimate of drug-likeness (QED) is 0.912. The summed E-state index contributed by atoms with van der Waals surface area (Å²) in [7, 11) is -0.725. The van der Waals surface area contributed by atoms with Gasteiger partial charge in [-0.05, 0) is 19.4 Å². The van der Waals surface area contributed by atoms with Crippen molar-refractivity contribution in [3.8, 4) is 0 Å².